The molecule has 0 fully saturated rings. The molecule has 0 amide bonds. The fourth-order valence-electron chi connectivity index (χ4n) is 1.28. The fraction of sp³-hybridized carbons (Fsp3) is 0.417. The van der Waals surface area contributed by atoms with E-state index in [1.165, 1.54) is 0 Å². The van der Waals surface area contributed by atoms with Crippen LogP contribution in [0, 0.1) is 0 Å². The SMILES string of the molecule is CC(O)C(C)(C)c1ccc(C(=O)O)cc1. The Morgan fingerprint density at radius 1 is 1.27 bits per heavy atom. The first kappa shape index (κ1) is 11.7. The summed E-state index contributed by atoms with van der Waals surface area (Å²) < 4.78 is 0. The van der Waals surface area contributed by atoms with Crippen LogP contribution >= 0.6 is 0 Å². The van der Waals surface area contributed by atoms with Crippen molar-refractivity contribution in [3.8, 4) is 0 Å². The van der Waals surface area contributed by atoms with Crippen LogP contribution in [0.4, 0.5) is 0 Å². The molecule has 0 spiro atoms. The van der Waals surface area contributed by atoms with Gasteiger partial charge in [0.2, 0.25) is 0 Å². The highest BCUT2D eigenvalue weighted by Gasteiger charge is 2.26. The van der Waals surface area contributed by atoms with Crippen molar-refractivity contribution in [2.45, 2.75) is 32.3 Å². The maximum Gasteiger partial charge on any atom is 0.335 e. The molecule has 3 nitrogen and oxygen atoms in total. The van der Waals surface area contributed by atoms with E-state index in [0.29, 0.717) is 0 Å². The second kappa shape index (κ2) is 4.03. The second-order valence-corrected chi connectivity index (χ2v) is 4.28. The monoisotopic (exact) mass is 208 g/mol. The normalized spacial score (nSPS) is 13.6. The Kier molecular flexibility index (Phi) is 3.15. The van der Waals surface area contributed by atoms with E-state index in [0.717, 1.165) is 5.56 Å². The van der Waals surface area contributed by atoms with Gasteiger partial charge in [-0.05, 0) is 24.6 Å². The van der Waals surface area contributed by atoms with Crippen LogP contribution in [0.25, 0.3) is 0 Å². The summed E-state index contributed by atoms with van der Waals surface area (Å²) in [6.07, 6.45) is -0.479. The molecule has 1 unspecified atom stereocenters. The van der Waals surface area contributed by atoms with Gasteiger partial charge in [-0.3, -0.25) is 0 Å². The molecule has 1 rings (SSSR count). The smallest absolute Gasteiger partial charge is 0.335 e. The lowest BCUT2D eigenvalue weighted by molar-refractivity contribution is 0.0697. The molecular weight excluding hydrogens is 192 g/mol. The molecule has 82 valence electrons. The summed E-state index contributed by atoms with van der Waals surface area (Å²) in [6, 6.07) is 6.61. The molecule has 0 saturated heterocycles. The maximum absolute atomic E-state index is 10.6. The number of rotatable bonds is 3. The summed E-state index contributed by atoms with van der Waals surface area (Å²) in [5.41, 5.74) is 0.833. The predicted octanol–water partition coefficient (Wildman–Crippen LogP) is 2.04. The minimum atomic E-state index is -0.934. The van der Waals surface area contributed by atoms with Crippen LogP contribution in [-0.2, 0) is 5.41 Å². The Balaban J connectivity index is 3.04. The van der Waals surface area contributed by atoms with Gasteiger partial charge in [-0.15, -0.1) is 0 Å². The fourth-order valence-corrected chi connectivity index (χ4v) is 1.28. The van der Waals surface area contributed by atoms with E-state index in [-0.39, 0.29) is 11.0 Å². The Hall–Kier alpha value is -1.35. The van der Waals surface area contributed by atoms with Crippen molar-refractivity contribution in [1.82, 2.24) is 0 Å². The Labute approximate surface area is 89.4 Å². The largest absolute Gasteiger partial charge is 0.478 e. The Morgan fingerprint density at radius 2 is 1.73 bits per heavy atom. The summed E-state index contributed by atoms with van der Waals surface area (Å²) in [4.78, 5) is 10.6. The summed E-state index contributed by atoms with van der Waals surface area (Å²) >= 11 is 0. The van der Waals surface area contributed by atoms with Crippen LogP contribution in [0.1, 0.15) is 36.7 Å². The molecule has 0 aliphatic carbocycles. The van der Waals surface area contributed by atoms with Crippen molar-refractivity contribution < 1.29 is 15.0 Å². The third kappa shape index (κ3) is 2.36. The van der Waals surface area contributed by atoms with Gasteiger partial charge in [-0.25, -0.2) is 4.79 Å². The standard InChI is InChI=1S/C12H16O3/c1-8(13)12(2,3)10-6-4-9(5-7-10)11(14)15/h4-8,13H,1-3H3,(H,14,15). The van der Waals surface area contributed by atoms with Crippen molar-refractivity contribution in [2.24, 2.45) is 0 Å². The zero-order valence-electron chi connectivity index (χ0n) is 9.19. The van der Waals surface area contributed by atoms with Crippen LogP contribution in [0.2, 0.25) is 0 Å². The molecule has 0 radical (unpaired) electrons. The minimum Gasteiger partial charge on any atom is -0.478 e. The van der Waals surface area contributed by atoms with Gasteiger partial charge in [-0.2, -0.15) is 0 Å². The third-order valence-corrected chi connectivity index (χ3v) is 2.92. The summed E-state index contributed by atoms with van der Waals surface area (Å²) in [5, 5.41) is 18.3. The minimum absolute atomic E-state index is 0.264. The average Bonchev–Trinajstić information content (AvgIpc) is 2.17. The molecule has 0 aromatic heterocycles. The molecule has 15 heavy (non-hydrogen) atoms. The molecule has 0 saturated carbocycles. The van der Waals surface area contributed by atoms with Crippen LogP contribution in [0.3, 0.4) is 0 Å². The first-order valence-corrected chi connectivity index (χ1v) is 4.87. The van der Waals surface area contributed by atoms with E-state index in [9.17, 15) is 9.90 Å². The van der Waals surface area contributed by atoms with E-state index in [2.05, 4.69) is 0 Å². The van der Waals surface area contributed by atoms with Crippen molar-refractivity contribution >= 4 is 5.97 Å². The predicted molar refractivity (Wildman–Crippen MR) is 58.1 cm³/mol. The van der Waals surface area contributed by atoms with Gasteiger partial charge >= 0.3 is 5.97 Å². The van der Waals surface area contributed by atoms with Crippen LogP contribution in [0.15, 0.2) is 24.3 Å². The number of aromatic carboxylic acids is 1. The van der Waals surface area contributed by atoms with Gasteiger partial charge in [0.25, 0.3) is 0 Å². The zero-order valence-corrected chi connectivity index (χ0v) is 9.19. The number of carbonyl (C=O) groups is 1. The van der Waals surface area contributed by atoms with Crippen LogP contribution < -0.4 is 0 Å². The quantitative estimate of drug-likeness (QED) is 0.799. The molecule has 0 heterocycles. The summed E-state index contributed by atoms with van der Waals surface area (Å²) in [7, 11) is 0. The lowest BCUT2D eigenvalue weighted by Gasteiger charge is -2.28. The maximum atomic E-state index is 10.6. The first-order chi connectivity index (χ1) is 6.85. The van der Waals surface area contributed by atoms with Gasteiger partial charge in [0, 0.05) is 5.41 Å². The van der Waals surface area contributed by atoms with E-state index in [4.69, 9.17) is 5.11 Å². The van der Waals surface area contributed by atoms with E-state index >= 15 is 0 Å². The number of hydrogen-bond donors (Lipinski definition) is 2. The van der Waals surface area contributed by atoms with E-state index in [1.54, 1.807) is 31.2 Å². The van der Waals surface area contributed by atoms with Crippen molar-refractivity contribution in [3.05, 3.63) is 35.4 Å². The number of hydrogen-bond acceptors (Lipinski definition) is 2. The van der Waals surface area contributed by atoms with Gasteiger partial charge in [-0.1, -0.05) is 26.0 Å². The highest BCUT2D eigenvalue weighted by molar-refractivity contribution is 5.87. The Morgan fingerprint density at radius 3 is 2.07 bits per heavy atom. The van der Waals surface area contributed by atoms with Crippen LogP contribution in [0.5, 0.6) is 0 Å². The van der Waals surface area contributed by atoms with E-state index < -0.39 is 12.1 Å². The molecule has 0 aliphatic rings. The highest BCUT2D eigenvalue weighted by atomic mass is 16.4. The van der Waals surface area contributed by atoms with Gasteiger partial charge in [0.05, 0.1) is 11.7 Å². The average molecular weight is 208 g/mol. The second-order valence-electron chi connectivity index (χ2n) is 4.28. The number of aliphatic hydroxyl groups is 1. The van der Waals surface area contributed by atoms with E-state index in [1.807, 2.05) is 13.8 Å². The third-order valence-electron chi connectivity index (χ3n) is 2.92. The molecule has 0 aliphatic heterocycles. The molecule has 0 bridgehead atoms. The number of aliphatic hydroxyl groups excluding tert-OH is 1. The first-order valence-electron chi connectivity index (χ1n) is 4.87. The summed E-state index contributed by atoms with van der Waals surface area (Å²) in [5.74, 6) is -0.934. The summed E-state index contributed by atoms with van der Waals surface area (Å²) in [6.45, 7) is 5.58. The molecule has 2 N–H and O–H groups in total. The number of carboxylic acids is 1. The number of benzene rings is 1. The van der Waals surface area contributed by atoms with Crippen molar-refractivity contribution in [2.75, 3.05) is 0 Å². The molecule has 1 aromatic rings. The van der Waals surface area contributed by atoms with Crippen molar-refractivity contribution in [1.29, 1.82) is 0 Å². The molecular formula is C12H16O3. The van der Waals surface area contributed by atoms with Crippen molar-refractivity contribution in [3.63, 3.8) is 0 Å². The molecule has 3 heteroatoms. The van der Waals surface area contributed by atoms with Crippen LogP contribution in [-0.4, -0.2) is 22.3 Å². The zero-order chi connectivity index (χ0) is 11.6. The van der Waals surface area contributed by atoms with Gasteiger partial charge in [0.1, 0.15) is 0 Å². The lowest BCUT2D eigenvalue weighted by atomic mass is 9.80. The number of carboxylic acid groups (broad SMARTS) is 1. The molecule has 1 atom stereocenters. The van der Waals surface area contributed by atoms with Gasteiger partial charge < -0.3 is 10.2 Å². The Bertz CT molecular complexity index is 350. The molecule has 1 aromatic carbocycles. The highest BCUT2D eigenvalue weighted by Crippen LogP contribution is 2.27. The van der Waals surface area contributed by atoms with Gasteiger partial charge in [0.15, 0.2) is 0 Å². The topological polar surface area (TPSA) is 57.5 Å². The lowest BCUT2D eigenvalue weighted by Crippen LogP contribution is -2.30.